The monoisotopic (exact) mass is 337 g/mol. The number of carbonyl (C=O) groups excluding carboxylic acids is 1. The predicted molar refractivity (Wildman–Crippen MR) is 80.8 cm³/mol. The molecule has 0 aliphatic heterocycles. The quantitative estimate of drug-likeness (QED) is 0.822. The number of nitrogens with one attached hydrogen (secondary N) is 1. The number of benzene rings is 1. The van der Waals surface area contributed by atoms with E-state index >= 15 is 0 Å². The van der Waals surface area contributed by atoms with E-state index in [4.69, 9.17) is 9.15 Å². The van der Waals surface area contributed by atoms with Gasteiger partial charge in [-0.1, -0.05) is 0 Å². The summed E-state index contributed by atoms with van der Waals surface area (Å²) in [5, 5.41) is 3.35. The molecule has 0 saturated heterocycles. The molecular weight excluding hydrogens is 322 g/mol. The van der Waals surface area contributed by atoms with Crippen LogP contribution in [-0.4, -0.2) is 12.6 Å². The largest absolute Gasteiger partial charge is 0.472 e. The third-order valence-corrected chi connectivity index (χ3v) is 3.55. The van der Waals surface area contributed by atoms with E-state index in [-0.39, 0.29) is 12.0 Å². The molecule has 1 aromatic carbocycles. The van der Waals surface area contributed by atoms with Crippen molar-refractivity contribution in [1.29, 1.82) is 0 Å². The van der Waals surface area contributed by atoms with Crippen LogP contribution < -0.4 is 5.32 Å². The Balaban J connectivity index is 2.12. The Morgan fingerprint density at radius 2 is 2.25 bits per heavy atom. The molecule has 1 N–H and O–H groups in total. The van der Waals surface area contributed by atoms with E-state index in [0.29, 0.717) is 12.2 Å². The summed E-state index contributed by atoms with van der Waals surface area (Å²) >= 11 is 3.46. The zero-order chi connectivity index (χ0) is 14.5. The van der Waals surface area contributed by atoms with Crippen LogP contribution >= 0.6 is 15.9 Å². The fourth-order valence-corrected chi connectivity index (χ4v) is 2.30. The van der Waals surface area contributed by atoms with Gasteiger partial charge in [-0.2, -0.15) is 0 Å². The van der Waals surface area contributed by atoms with Gasteiger partial charge in [0.2, 0.25) is 0 Å². The van der Waals surface area contributed by atoms with E-state index in [1.807, 2.05) is 19.1 Å². The number of hydrogen-bond donors (Lipinski definition) is 1. The molecule has 0 fully saturated rings. The molecule has 0 radical (unpaired) electrons. The minimum atomic E-state index is -0.317. The van der Waals surface area contributed by atoms with Crippen molar-refractivity contribution >= 4 is 27.6 Å². The summed E-state index contributed by atoms with van der Waals surface area (Å²) in [6.45, 7) is 4.19. The molecule has 0 spiro atoms. The van der Waals surface area contributed by atoms with Crippen molar-refractivity contribution in [2.45, 2.75) is 19.9 Å². The molecule has 4 nitrogen and oxygen atoms in total. The normalized spacial score (nSPS) is 11.9. The summed E-state index contributed by atoms with van der Waals surface area (Å²) in [5.41, 5.74) is 2.50. The maximum atomic E-state index is 11.6. The van der Waals surface area contributed by atoms with Gasteiger partial charge in [-0.3, -0.25) is 0 Å². The number of hydrogen-bond acceptors (Lipinski definition) is 4. The van der Waals surface area contributed by atoms with Crippen molar-refractivity contribution in [3.8, 4) is 0 Å². The molecule has 5 heteroatoms. The van der Waals surface area contributed by atoms with E-state index in [1.54, 1.807) is 31.6 Å². The lowest BCUT2D eigenvalue weighted by Gasteiger charge is -2.15. The van der Waals surface area contributed by atoms with Gasteiger partial charge >= 0.3 is 5.97 Å². The summed E-state index contributed by atoms with van der Waals surface area (Å²) in [4.78, 5) is 11.6. The maximum absolute atomic E-state index is 11.6. The van der Waals surface area contributed by atoms with E-state index in [2.05, 4.69) is 21.2 Å². The topological polar surface area (TPSA) is 51.5 Å². The summed E-state index contributed by atoms with van der Waals surface area (Å²) in [6, 6.07) is 7.37. The molecule has 2 aromatic rings. The summed E-state index contributed by atoms with van der Waals surface area (Å²) in [7, 11) is 0. The second-order valence-electron chi connectivity index (χ2n) is 4.34. The molecule has 1 heterocycles. The highest BCUT2D eigenvalue weighted by Gasteiger charge is 2.12. The van der Waals surface area contributed by atoms with Crippen LogP contribution in [-0.2, 0) is 4.74 Å². The molecule has 0 amide bonds. The highest BCUT2D eigenvalue weighted by atomic mass is 79.9. The average molecular weight is 338 g/mol. The number of anilines is 1. The van der Waals surface area contributed by atoms with Crippen molar-refractivity contribution < 1.29 is 13.9 Å². The van der Waals surface area contributed by atoms with E-state index < -0.39 is 0 Å². The van der Waals surface area contributed by atoms with E-state index in [0.717, 1.165) is 15.7 Å². The number of esters is 1. The van der Waals surface area contributed by atoms with Crippen LogP contribution in [0.3, 0.4) is 0 Å². The first-order chi connectivity index (χ1) is 9.61. The van der Waals surface area contributed by atoms with Crippen molar-refractivity contribution in [3.05, 3.63) is 52.4 Å². The Morgan fingerprint density at radius 3 is 2.85 bits per heavy atom. The Kier molecular flexibility index (Phi) is 4.84. The molecule has 106 valence electrons. The zero-order valence-electron chi connectivity index (χ0n) is 11.4. The predicted octanol–water partition coefficient (Wildman–Crippen LogP) is 4.39. The Morgan fingerprint density at radius 1 is 1.45 bits per heavy atom. The third-order valence-electron chi connectivity index (χ3n) is 2.90. The molecule has 1 unspecified atom stereocenters. The maximum Gasteiger partial charge on any atom is 0.338 e. The highest BCUT2D eigenvalue weighted by molar-refractivity contribution is 9.10. The first kappa shape index (κ1) is 14.7. The smallest absolute Gasteiger partial charge is 0.338 e. The van der Waals surface area contributed by atoms with Gasteiger partial charge in [0, 0.05) is 15.7 Å². The summed E-state index contributed by atoms with van der Waals surface area (Å²) < 4.78 is 10.9. The summed E-state index contributed by atoms with van der Waals surface area (Å²) in [5.74, 6) is -0.317. The zero-order valence-corrected chi connectivity index (χ0v) is 12.9. The van der Waals surface area contributed by atoms with Gasteiger partial charge in [-0.05, 0) is 54.0 Å². The number of furan rings is 1. The molecule has 1 aromatic heterocycles. The fraction of sp³-hybridized carbons (Fsp3) is 0.267. The van der Waals surface area contributed by atoms with Gasteiger partial charge in [0.1, 0.15) is 0 Å². The van der Waals surface area contributed by atoms with Crippen LogP contribution in [0, 0.1) is 0 Å². The second-order valence-corrected chi connectivity index (χ2v) is 5.19. The molecule has 20 heavy (non-hydrogen) atoms. The SMILES string of the molecule is CCOC(=O)c1ccc(NC(C)c2ccoc2)c(Br)c1. The van der Waals surface area contributed by atoms with Crippen molar-refractivity contribution in [1.82, 2.24) is 0 Å². The van der Waals surface area contributed by atoms with Crippen LogP contribution in [0.15, 0.2) is 45.7 Å². The van der Waals surface area contributed by atoms with E-state index in [9.17, 15) is 4.79 Å². The number of rotatable bonds is 5. The van der Waals surface area contributed by atoms with Crippen LogP contribution in [0.4, 0.5) is 5.69 Å². The number of ether oxygens (including phenoxy) is 1. The molecule has 0 saturated carbocycles. The lowest BCUT2D eigenvalue weighted by molar-refractivity contribution is 0.0526. The van der Waals surface area contributed by atoms with Crippen molar-refractivity contribution in [2.75, 3.05) is 11.9 Å². The van der Waals surface area contributed by atoms with Crippen molar-refractivity contribution in [2.24, 2.45) is 0 Å². The third kappa shape index (κ3) is 3.42. The van der Waals surface area contributed by atoms with Crippen LogP contribution in [0.2, 0.25) is 0 Å². The van der Waals surface area contributed by atoms with E-state index in [1.165, 1.54) is 0 Å². The molecule has 0 aliphatic carbocycles. The minimum Gasteiger partial charge on any atom is -0.472 e. The standard InChI is InChI=1S/C15H16BrNO3/c1-3-20-15(18)11-4-5-14(13(16)8-11)17-10(2)12-6-7-19-9-12/h4-10,17H,3H2,1-2H3. The van der Waals surface area contributed by atoms with Crippen LogP contribution in [0.5, 0.6) is 0 Å². The molecule has 0 bridgehead atoms. The van der Waals surface area contributed by atoms with Gasteiger partial charge in [0.15, 0.2) is 0 Å². The van der Waals surface area contributed by atoms with Gasteiger partial charge in [0.05, 0.1) is 30.7 Å². The minimum absolute atomic E-state index is 0.110. The second kappa shape index (κ2) is 6.61. The van der Waals surface area contributed by atoms with Gasteiger partial charge in [-0.15, -0.1) is 0 Å². The van der Waals surface area contributed by atoms with Crippen molar-refractivity contribution in [3.63, 3.8) is 0 Å². The number of carbonyl (C=O) groups is 1. The lowest BCUT2D eigenvalue weighted by Crippen LogP contribution is -2.08. The Bertz CT molecular complexity index is 581. The molecule has 1 atom stereocenters. The first-order valence-electron chi connectivity index (χ1n) is 6.37. The first-order valence-corrected chi connectivity index (χ1v) is 7.16. The van der Waals surface area contributed by atoms with Gasteiger partial charge < -0.3 is 14.5 Å². The molecule has 2 rings (SSSR count). The molecule has 0 aliphatic rings. The van der Waals surface area contributed by atoms with Gasteiger partial charge in [0.25, 0.3) is 0 Å². The average Bonchev–Trinajstić information content (AvgIpc) is 2.95. The summed E-state index contributed by atoms with van der Waals surface area (Å²) in [6.07, 6.45) is 3.35. The van der Waals surface area contributed by atoms with Crippen LogP contribution in [0.1, 0.15) is 35.8 Å². The highest BCUT2D eigenvalue weighted by Crippen LogP contribution is 2.28. The number of halogens is 1. The van der Waals surface area contributed by atoms with Crippen LogP contribution in [0.25, 0.3) is 0 Å². The lowest BCUT2D eigenvalue weighted by atomic mass is 10.1. The fourth-order valence-electron chi connectivity index (χ4n) is 1.81. The Labute approximate surface area is 126 Å². The van der Waals surface area contributed by atoms with Gasteiger partial charge in [-0.25, -0.2) is 4.79 Å². The Hall–Kier alpha value is -1.75. The molecular formula is C15H16BrNO3.